The van der Waals surface area contributed by atoms with Crippen LogP contribution < -0.4 is 10.2 Å². The van der Waals surface area contributed by atoms with Crippen molar-refractivity contribution in [1.29, 1.82) is 0 Å². The molecule has 1 atom stereocenters. The van der Waals surface area contributed by atoms with Crippen LogP contribution in [0, 0.1) is 0 Å². The van der Waals surface area contributed by atoms with Gasteiger partial charge in [0.1, 0.15) is 5.82 Å². The topological polar surface area (TPSA) is 28.2 Å². The molecule has 3 nitrogen and oxygen atoms in total. The van der Waals surface area contributed by atoms with Crippen molar-refractivity contribution < 1.29 is 0 Å². The van der Waals surface area contributed by atoms with Crippen LogP contribution in [0.4, 0.5) is 5.82 Å². The summed E-state index contributed by atoms with van der Waals surface area (Å²) in [6, 6.07) is 6.73. The van der Waals surface area contributed by atoms with Gasteiger partial charge < -0.3 is 10.2 Å². The highest BCUT2D eigenvalue weighted by atomic mass is 35.5. The van der Waals surface area contributed by atoms with Crippen molar-refractivity contribution >= 4 is 28.8 Å². The molecule has 1 unspecified atom stereocenters. The van der Waals surface area contributed by atoms with Gasteiger partial charge in [0, 0.05) is 37.1 Å². The summed E-state index contributed by atoms with van der Waals surface area (Å²) in [7, 11) is 4.00. The van der Waals surface area contributed by atoms with E-state index < -0.39 is 0 Å². The van der Waals surface area contributed by atoms with Gasteiger partial charge >= 0.3 is 0 Å². The molecule has 0 radical (unpaired) electrons. The molecule has 0 fully saturated rings. The first-order valence-corrected chi connectivity index (χ1v) is 7.91. The predicted molar refractivity (Wildman–Crippen MR) is 87.9 cm³/mol. The minimum atomic E-state index is 0.393. The average Bonchev–Trinajstić information content (AvgIpc) is 2.93. The van der Waals surface area contributed by atoms with E-state index in [0.29, 0.717) is 11.1 Å². The predicted octanol–water partition coefficient (Wildman–Crippen LogP) is 3.58. The van der Waals surface area contributed by atoms with Gasteiger partial charge in [0.15, 0.2) is 0 Å². The SMILES string of the molecule is CNCc1cc(N(C)C(C)Cc2cccs2)ncc1Cl. The Balaban J connectivity index is 2.11. The van der Waals surface area contributed by atoms with Crippen molar-refractivity contribution in [2.45, 2.75) is 25.9 Å². The van der Waals surface area contributed by atoms with Crippen LogP contribution >= 0.6 is 22.9 Å². The molecule has 0 spiro atoms. The molecule has 2 rings (SSSR count). The summed E-state index contributed by atoms with van der Waals surface area (Å²) in [5.41, 5.74) is 1.08. The van der Waals surface area contributed by atoms with Gasteiger partial charge in [-0.05, 0) is 37.0 Å². The minimum Gasteiger partial charge on any atom is -0.357 e. The number of hydrogen-bond acceptors (Lipinski definition) is 4. The number of nitrogens with one attached hydrogen (secondary N) is 1. The highest BCUT2D eigenvalue weighted by Gasteiger charge is 2.14. The summed E-state index contributed by atoms with van der Waals surface area (Å²) < 4.78 is 0. The average molecular weight is 310 g/mol. The van der Waals surface area contributed by atoms with Crippen LogP contribution in [0.1, 0.15) is 17.4 Å². The second kappa shape index (κ2) is 7.07. The molecule has 5 heteroatoms. The number of nitrogens with zero attached hydrogens (tertiary/aromatic N) is 2. The normalized spacial score (nSPS) is 12.4. The van der Waals surface area contributed by atoms with Crippen molar-refractivity contribution in [2.75, 3.05) is 19.0 Å². The maximum absolute atomic E-state index is 6.16. The number of rotatable bonds is 6. The monoisotopic (exact) mass is 309 g/mol. The number of pyridine rings is 1. The zero-order chi connectivity index (χ0) is 14.5. The van der Waals surface area contributed by atoms with Crippen molar-refractivity contribution in [3.05, 3.63) is 45.2 Å². The molecule has 0 saturated carbocycles. The largest absolute Gasteiger partial charge is 0.357 e. The second-order valence-corrected chi connectivity index (χ2v) is 6.35. The Morgan fingerprint density at radius 1 is 1.50 bits per heavy atom. The van der Waals surface area contributed by atoms with Crippen LogP contribution in [0.15, 0.2) is 29.8 Å². The van der Waals surface area contributed by atoms with Gasteiger partial charge in [-0.2, -0.15) is 0 Å². The Hall–Kier alpha value is -1.10. The molecule has 0 aromatic carbocycles. The van der Waals surface area contributed by atoms with Crippen molar-refractivity contribution in [3.8, 4) is 0 Å². The molecule has 1 N–H and O–H groups in total. The Kier molecular flexibility index (Phi) is 5.40. The molecular formula is C15H20ClN3S. The molecule has 20 heavy (non-hydrogen) atoms. The van der Waals surface area contributed by atoms with E-state index in [4.69, 9.17) is 11.6 Å². The number of hydrogen-bond donors (Lipinski definition) is 1. The molecule has 0 saturated heterocycles. The molecule has 0 amide bonds. The number of aromatic nitrogens is 1. The van der Waals surface area contributed by atoms with Gasteiger partial charge in [-0.15, -0.1) is 11.3 Å². The zero-order valence-electron chi connectivity index (χ0n) is 12.1. The van der Waals surface area contributed by atoms with Crippen molar-refractivity contribution in [3.63, 3.8) is 0 Å². The highest BCUT2D eigenvalue weighted by molar-refractivity contribution is 7.09. The van der Waals surface area contributed by atoms with Crippen molar-refractivity contribution in [1.82, 2.24) is 10.3 Å². The van der Waals surface area contributed by atoms with Crippen LogP contribution in [0.25, 0.3) is 0 Å². The molecule has 2 aromatic rings. The number of anilines is 1. The van der Waals surface area contributed by atoms with Crippen LogP contribution in [-0.4, -0.2) is 25.1 Å². The van der Waals surface area contributed by atoms with Gasteiger partial charge in [-0.1, -0.05) is 17.7 Å². The molecular weight excluding hydrogens is 290 g/mol. The van der Waals surface area contributed by atoms with Gasteiger partial charge in [0.2, 0.25) is 0 Å². The lowest BCUT2D eigenvalue weighted by Crippen LogP contribution is -2.31. The Labute approximate surface area is 129 Å². The summed E-state index contributed by atoms with van der Waals surface area (Å²) >= 11 is 7.95. The van der Waals surface area contributed by atoms with E-state index in [2.05, 4.69) is 52.8 Å². The highest BCUT2D eigenvalue weighted by Crippen LogP contribution is 2.22. The molecule has 0 bridgehead atoms. The molecule has 2 aromatic heterocycles. The van der Waals surface area contributed by atoms with Crippen LogP contribution in [-0.2, 0) is 13.0 Å². The second-order valence-electron chi connectivity index (χ2n) is 4.91. The molecule has 0 aliphatic rings. The summed E-state index contributed by atoms with van der Waals surface area (Å²) in [6.45, 7) is 2.97. The lowest BCUT2D eigenvalue weighted by Gasteiger charge is -2.26. The summed E-state index contributed by atoms with van der Waals surface area (Å²) in [6.07, 6.45) is 2.76. The van der Waals surface area contributed by atoms with E-state index in [1.807, 2.05) is 7.05 Å². The third kappa shape index (κ3) is 3.72. The first-order valence-electron chi connectivity index (χ1n) is 6.66. The minimum absolute atomic E-state index is 0.393. The lowest BCUT2D eigenvalue weighted by molar-refractivity contribution is 0.679. The first-order chi connectivity index (χ1) is 9.61. The Morgan fingerprint density at radius 3 is 2.95 bits per heavy atom. The number of likely N-dealkylation sites (N-methyl/N-ethyl adjacent to an activating group) is 1. The molecule has 0 aliphatic carbocycles. The fraction of sp³-hybridized carbons (Fsp3) is 0.400. The fourth-order valence-corrected chi connectivity index (χ4v) is 3.07. The molecule has 0 aliphatic heterocycles. The first kappa shape index (κ1) is 15.3. The van der Waals surface area contributed by atoms with E-state index in [-0.39, 0.29) is 0 Å². The summed E-state index contributed by atoms with van der Waals surface area (Å²) in [4.78, 5) is 8.04. The Bertz CT molecular complexity index is 542. The summed E-state index contributed by atoms with van der Waals surface area (Å²) in [5.74, 6) is 0.962. The lowest BCUT2D eigenvalue weighted by atomic mass is 10.1. The van der Waals surface area contributed by atoms with E-state index >= 15 is 0 Å². The smallest absolute Gasteiger partial charge is 0.128 e. The zero-order valence-corrected chi connectivity index (χ0v) is 13.6. The van der Waals surface area contributed by atoms with Crippen molar-refractivity contribution in [2.24, 2.45) is 0 Å². The van der Waals surface area contributed by atoms with Gasteiger partial charge in [-0.25, -0.2) is 4.98 Å². The number of halogens is 1. The Morgan fingerprint density at radius 2 is 2.30 bits per heavy atom. The van der Waals surface area contributed by atoms with Gasteiger partial charge in [-0.3, -0.25) is 0 Å². The van der Waals surface area contributed by atoms with Crippen LogP contribution in [0.5, 0.6) is 0 Å². The van der Waals surface area contributed by atoms with E-state index in [1.54, 1.807) is 17.5 Å². The molecule has 108 valence electrons. The van der Waals surface area contributed by atoms with E-state index in [1.165, 1.54) is 4.88 Å². The van der Waals surface area contributed by atoms with Crippen LogP contribution in [0.3, 0.4) is 0 Å². The number of thiophene rings is 1. The van der Waals surface area contributed by atoms with E-state index in [0.717, 1.165) is 24.3 Å². The maximum Gasteiger partial charge on any atom is 0.128 e. The van der Waals surface area contributed by atoms with Gasteiger partial charge in [0.25, 0.3) is 0 Å². The van der Waals surface area contributed by atoms with Crippen LogP contribution in [0.2, 0.25) is 5.02 Å². The van der Waals surface area contributed by atoms with Gasteiger partial charge in [0.05, 0.1) is 5.02 Å². The fourth-order valence-electron chi connectivity index (χ4n) is 2.07. The summed E-state index contributed by atoms with van der Waals surface area (Å²) in [5, 5.41) is 5.96. The standard InChI is InChI=1S/C15H20ClN3S/c1-11(7-13-5-4-6-20-13)19(3)15-8-12(9-17-2)14(16)10-18-15/h4-6,8,10-11,17H,7,9H2,1-3H3. The maximum atomic E-state index is 6.16. The quantitative estimate of drug-likeness (QED) is 0.884. The third-order valence-electron chi connectivity index (χ3n) is 3.39. The molecule has 2 heterocycles. The van der Waals surface area contributed by atoms with E-state index in [9.17, 15) is 0 Å². The third-order valence-corrected chi connectivity index (χ3v) is 4.63.